The summed E-state index contributed by atoms with van der Waals surface area (Å²) in [5, 5.41) is 22.7. The molecule has 0 atom stereocenters. The van der Waals surface area contributed by atoms with Crippen molar-refractivity contribution in [3.8, 4) is 0 Å². The van der Waals surface area contributed by atoms with Gasteiger partial charge < -0.3 is 10.2 Å². The van der Waals surface area contributed by atoms with Gasteiger partial charge in [0.15, 0.2) is 0 Å². The van der Waals surface area contributed by atoms with Gasteiger partial charge in [-0.25, -0.2) is 4.98 Å². The van der Waals surface area contributed by atoms with E-state index in [4.69, 9.17) is 0 Å². The van der Waals surface area contributed by atoms with Gasteiger partial charge in [0.05, 0.1) is 13.2 Å². The molecule has 0 spiro atoms. The second-order valence-electron chi connectivity index (χ2n) is 4.04. The van der Waals surface area contributed by atoms with Gasteiger partial charge in [0.1, 0.15) is 12.2 Å². The molecule has 1 aromatic heterocycles. The predicted octanol–water partition coefficient (Wildman–Crippen LogP) is 0.129. The Labute approximate surface area is 89.8 Å². The number of hydrogen-bond donors (Lipinski definition) is 2. The first-order valence-corrected chi connectivity index (χ1v) is 5.22. The van der Waals surface area contributed by atoms with Crippen LogP contribution in [0.5, 0.6) is 0 Å². The molecule has 0 saturated heterocycles. The summed E-state index contributed by atoms with van der Waals surface area (Å²) in [4.78, 5) is 4.11. The summed E-state index contributed by atoms with van der Waals surface area (Å²) in [6.07, 6.45) is 3.76. The zero-order valence-electron chi connectivity index (χ0n) is 9.35. The number of aliphatic hydroxyl groups is 2. The van der Waals surface area contributed by atoms with Gasteiger partial charge in [-0.2, -0.15) is 5.10 Å². The van der Waals surface area contributed by atoms with E-state index in [9.17, 15) is 10.2 Å². The standard InChI is InChI=1S/C10H19N3O2/c1-3-4-10(6-14,7-15)5-9-11-8-12-13(9)2/h8,14-15H,3-7H2,1-2H3. The fourth-order valence-electron chi connectivity index (χ4n) is 1.75. The monoisotopic (exact) mass is 213 g/mol. The molecule has 0 aliphatic heterocycles. The highest BCUT2D eigenvalue weighted by Crippen LogP contribution is 2.26. The summed E-state index contributed by atoms with van der Waals surface area (Å²) in [6.45, 7) is 1.99. The Bertz CT molecular complexity index is 295. The molecule has 0 bridgehead atoms. The quantitative estimate of drug-likeness (QED) is 0.704. The lowest BCUT2D eigenvalue weighted by Gasteiger charge is -2.28. The van der Waals surface area contributed by atoms with Crippen LogP contribution in [0.15, 0.2) is 6.33 Å². The van der Waals surface area contributed by atoms with E-state index in [0.717, 1.165) is 18.7 Å². The van der Waals surface area contributed by atoms with Gasteiger partial charge in [0.25, 0.3) is 0 Å². The van der Waals surface area contributed by atoms with Crippen LogP contribution in [0.1, 0.15) is 25.6 Å². The lowest BCUT2D eigenvalue weighted by Crippen LogP contribution is -2.33. The second-order valence-corrected chi connectivity index (χ2v) is 4.04. The van der Waals surface area contributed by atoms with Gasteiger partial charge in [-0.05, 0) is 6.42 Å². The van der Waals surface area contributed by atoms with Crippen LogP contribution in [-0.2, 0) is 13.5 Å². The van der Waals surface area contributed by atoms with Gasteiger partial charge in [-0.1, -0.05) is 13.3 Å². The molecule has 5 heteroatoms. The average Bonchev–Trinajstić information content (AvgIpc) is 2.63. The average molecular weight is 213 g/mol. The maximum Gasteiger partial charge on any atom is 0.138 e. The highest BCUT2D eigenvalue weighted by molar-refractivity contribution is 4.93. The van der Waals surface area contributed by atoms with Gasteiger partial charge >= 0.3 is 0 Å². The van der Waals surface area contributed by atoms with E-state index in [0.29, 0.717) is 6.42 Å². The van der Waals surface area contributed by atoms with Crippen LogP contribution in [0.2, 0.25) is 0 Å². The van der Waals surface area contributed by atoms with Crippen molar-refractivity contribution >= 4 is 0 Å². The van der Waals surface area contributed by atoms with E-state index in [2.05, 4.69) is 10.1 Å². The predicted molar refractivity (Wildman–Crippen MR) is 56.2 cm³/mol. The van der Waals surface area contributed by atoms with Crippen molar-refractivity contribution < 1.29 is 10.2 Å². The first kappa shape index (κ1) is 12.1. The Morgan fingerprint density at radius 1 is 1.40 bits per heavy atom. The minimum atomic E-state index is -0.463. The number of hydrogen-bond acceptors (Lipinski definition) is 4. The molecule has 0 saturated carbocycles. The van der Waals surface area contributed by atoms with Crippen molar-refractivity contribution in [3.63, 3.8) is 0 Å². The smallest absolute Gasteiger partial charge is 0.138 e. The summed E-state index contributed by atoms with van der Waals surface area (Å²) in [7, 11) is 1.81. The Morgan fingerprint density at radius 3 is 2.47 bits per heavy atom. The summed E-state index contributed by atoms with van der Waals surface area (Å²) >= 11 is 0. The van der Waals surface area contributed by atoms with Crippen LogP contribution >= 0.6 is 0 Å². The van der Waals surface area contributed by atoms with Crippen LogP contribution in [0, 0.1) is 5.41 Å². The number of aromatic nitrogens is 3. The number of aliphatic hydroxyl groups excluding tert-OH is 2. The molecule has 1 heterocycles. The molecule has 0 aliphatic rings. The van der Waals surface area contributed by atoms with Crippen LogP contribution in [0.4, 0.5) is 0 Å². The van der Waals surface area contributed by atoms with Crippen molar-refractivity contribution in [2.45, 2.75) is 26.2 Å². The fourth-order valence-corrected chi connectivity index (χ4v) is 1.75. The molecule has 5 nitrogen and oxygen atoms in total. The third-order valence-electron chi connectivity index (χ3n) is 2.79. The lowest BCUT2D eigenvalue weighted by atomic mass is 9.81. The molecule has 0 fully saturated rings. The summed E-state index contributed by atoms with van der Waals surface area (Å²) < 4.78 is 1.68. The number of nitrogens with zero attached hydrogens (tertiary/aromatic N) is 3. The molecule has 0 radical (unpaired) electrons. The number of aryl methyl sites for hydroxylation is 1. The Morgan fingerprint density at radius 2 is 2.07 bits per heavy atom. The number of rotatable bonds is 6. The Balaban J connectivity index is 2.78. The lowest BCUT2D eigenvalue weighted by molar-refractivity contribution is 0.0443. The Hall–Kier alpha value is -0.940. The largest absolute Gasteiger partial charge is 0.396 e. The van der Waals surface area contributed by atoms with Gasteiger partial charge in [0, 0.05) is 18.9 Å². The van der Waals surface area contributed by atoms with Crippen molar-refractivity contribution in [3.05, 3.63) is 12.2 Å². The molecule has 0 aliphatic carbocycles. The third-order valence-corrected chi connectivity index (χ3v) is 2.79. The van der Waals surface area contributed by atoms with E-state index in [1.54, 1.807) is 4.68 Å². The third kappa shape index (κ3) is 2.76. The topological polar surface area (TPSA) is 71.2 Å². The van der Waals surface area contributed by atoms with Crippen LogP contribution in [0.3, 0.4) is 0 Å². The first-order valence-electron chi connectivity index (χ1n) is 5.22. The highest BCUT2D eigenvalue weighted by atomic mass is 16.3. The maximum absolute atomic E-state index is 9.38. The molecule has 0 unspecified atom stereocenters. The van der Waals surface area contributed by atoms with E-state index < -0.39 is 5.41 Å². The van der Waals surface area contributed by atoms with Crippen LogP contribution < -0.4 is 0 Å². The van der Waals surface area contributed by atoms with Crippen molar-refractivity contribution in [2.75, 3.05) is 13.2 Å². The van der Waals surface area contributed by atoms with Crippen LogP contribution in [0.25, 0.3) is 0 Å². The molecular weight excluding hydrogens is 194 g/mol. The molecule has 1 rings (SSSR count). The molecule has 86 valence electrons. The van der Waals surface area contributed by atoms with Gasteiger partial charge in [-0.3, -0.25) is 4.68 Å². The summed E-state index contributed by atoms with van der Waals surface area (Å²) in [5.74, 6) is 0.798. The molecule has 1 aromatic rings. The first-order chi connectivity index (χ1) is 7.17. The second kappa shape index (κ2) is 5.23. The molecule has 15 heavy (non-hydrogen) atoms. The van der Waals surface area contributed by atoms with Crippen molar-refractivity contribution in [1.82, 2.24) is 14.8 Å². The zero-order valence-corrected chi connectivity index (χ0v) is 9.35. The SMILES string of the molecule is CCCC(CO)(CO)Cc1ncnn1C. The molecule has 2 N–H and O–H groups in total. The summed E-state index contributed by atoms with van der Waals surface area (Å²) in [6, 6.07) is 0. The maximum atomic E-state index is 9.38. The highest BCUT2D eigenvalue weighted by Gasteiger charge is 2.29. The van der Waals surface area contributed by atoms with Gasteiger partial charge in [0.2, 0.25) is 0 Å². The van der Waals surface area contributed by atoms with E-state index in [-0.39, 0.29) is 13.2 Å². The molecular formula is C10H19N3O2. The zero-order chi connectivity index (χ0) is 11.3. The minimum absolute atomic E-state index is 0.0236. The molecule has 0 aromatic carbocycles. The van der Waals surface area contributed by atoms with Crippen molar-refractivity contribution in [1.29, 1.82) is 0 Å². The van der Waals surface area contributed by atoms with E-state index in [1.165, 1.54) is 6.33 Å². The molecule has 0 amide bonds. The van der Waals surface area contributed by atoms with Gasteiger partial charge in [-0.15, -0.1) is 0 Å². The fraction of sp³-hybridized carbons (Fsp3) is 0.800. The summed E-state index contributed by atoms with van der Waals surface area (Å²) in [5.41, 5.74) is -0.463. The minimum Gasteiger partial charge on any atom is -0.396 e. The van der Waals surface area contributed by atoms with E-state index in [1.807, 2.05) is 14.0 Å². The Kier molecular flexibility index (Phi) is 4.23. The van der Waals surface area contributed by atoms with E-state index >= 15 is 0 Å². The van der Waals surface area contributed by atoms with Crippen molar-refractivity contribution in [2.24, 2.45) is 12.5 Å². The van der Waals surface area contributed by atoms with Crippen LogP contribution in [-0.4, -0.2) is 38.2 Å². The normalized spacial score (nSPS) is 12.0.